The van der Waals surface area contributed by atoms with Crippen molar-refractivity contribution in [3.05, 3.63) is 42.1 Å². The summed E-state index contributed by atoms with van der Waals surface area (Å²) in [7, 11) is -3.99. The molecule has 0 fully saturated rings. The molecular formula is C8H10NO3S+. The summed E-state index contributed by atoms with van der Waals surface area (Å²) >= 11 is 0. The number of allylic oxidation sites excluding steroid dienone is 1. The lowest BCUT2D eigenvalue weighted by molar-refractivity contribution is -0.687. The van der Waals surface area contributed by atoms with Gasteiger partial charge in [0.1, 0.15) is 0 Å². The Morgan fingerprint density at radius 2 is 1.85 bits per heavy atom. The van der Waals surface area contributed by atoms with Crippen molar-refractivity contribution in [2.24, 2.45) is 0 Å². The van der Waals surface area contributed by atoms with Gasteiger partial charge in [0.15, 0.2) is 18.9 Å². The predicted octanol–water partition coefficient (Wildman–Crippen LogP) is 0.376. The van der Waals surface area contributed by atoms with Gasteiger partial charge in [-0.25, -0.2) is 4.57 Å². The molecule has 5 heteroatoms. The Kier molecular flexibility index (Phi) is 3.16. The van der Waals surface area contributed by atoms with Crippen LogP contribution in [-0.4, -0.2) is 13.0 Å². The maximum absolute atomic E-state index is 10.3. The maximum Gasteiger partial charge on any atom is 0.287 e. The zero-order valence-corrected chi connectivity index (χ0v) is 7.68. The van der Waals surface area contributed by atoms with E-state index in [-0.39, 0.29) is 0 Å². The van der Waals surface area contributed by atoms with Crippen LogP contribution < -0.4 is 4.57 Å². The first-order chi connectivity index (χ1) is 6.08. The van der Waals surface area contributed by atoms with Crippen LogP contribution in [0.25, 0.3) is 0 Å². The molecule has 0 aliphatic rings. The van der Waals surface area contributed by atoms with Crippen molar-refractivity contribution in [3.8, 4) is 0 Å². The third-order valence-electron chi connectivity index (χ3n) is 1.36. The predicted molar refractivity (Wildman–Crippen MR) is 47.3 cm³/mol. The van der Waals surface area contributed by atoms with Crippen LogP contribution in [-0.2, 0) is 16.7 Å². The summed E-state index contributed by atoms with van der Waals surface area (Å²) in [5.74, 6) is 0. The van der Waals surface area contributed by atoms with Gasteiger partial charge in [-0.1, -0.05) is 6.07 Å². The molecule has 1 aromatic rings. The van der Waals surface area contributed by atoms with E-state index >= 15 is 0 Å². The summed E-state index contributed by atoms with van der Waals surface area (Å²) in [6, 6.07) is 5.53. The second kappa shape index (κ2) is 4.15. The third kappa shape index (κ3) is 4.39. The van der Waals surface area contributed by atoms with Crippen molar-refractivity contribution in [3.63, 3.8) is 0 Å². The second-order valence-electron chi connectivity index (χ2n) is 2.46. The van der Waals surface area contributed by atoms with E-state index in [9.17, 15) is 8.42 Å². The standard InChI is InChI=1S/C8H9NO3S/c10-13(11,12)8-4-7-9-5-2-1-3-6-9/h1-6,8H,7H2/p+1. The lowest BCUT2D eigenvalue weighted by Gasteiger charge is -1.88. The number of hydrogen-bond donors (Lipinski definition) is 1. The van der Waals surface area contributed by atoms with E-state index in [4.69, 9.17) is 4.55 Å². The SMILES string of the molecule is O=S(=O)(O)C=CC[n+]1ccccc1. The van der Waals surface area contributed by atoms with Gasteiger partial charge in [0, 0.05) is 12.1 Å². The van der Waals surface area contributed by atoms with Gasteiger partial charge in [-0.15, -0.1) is 0 Å². The van der Waals surface area contributed by atoms with Gasteiger partial charge >= 0.3 is 0 Å². The Morgan fingerprint density at radius 1 is 1.23 bits per heavy atom. The van der Waals surface area contributed by atoms with Gasteiger partial charge in [-0.2, -0.15) is 8.42 Å². The molecular weight excluding hydrogens is 190 g/mol. The normalized spacial score (nSPS) is 12.1. The first-order valence-electron chi connectivity index (χ1n) is 3.66. The second-order valence-corrected chi connectivity index (χ2v) is 3.76. The van der Waals surface area contributed by atoms with Crippen molar-refractivity contribution in [1.82, 2.24) is 0 Å². The lowest BCUT2D eigenvalue weighted by atomic mass is 10.5. The van der Waals surface area contributed by atoms with Gasteiger partial charge in [0.05, 0.1) is 5.41 Å². The average Bonchev–Trinajstić information content (AvgIpc) is 2.04. The van der Waals surface area contributed by atoms with Gasteiger partial charge in [-0.3, -0.25) is 4.55 Å². The van der Waals surface area contributed by atoms with Crippen molar-refractivity contribution >= 4 is 10.1 Å². The van der Waals surface area contributed by atoms with E-state index in [0.29, 0.717) is 6.54 Å². The highest BCUT2D eigenvalue weighted by Crippen LogP contribution is 1.84. The molecule has 1 rings (SSSR count). The summed E-state index contributed by atoms with van der Waals surface area (Å²) < 4.78 is 30.7. The summed E-state index contributed by atoms with van der Waals surface area (Å²) in [6.45, 7) is 0.417. The summed E-state index contributed by atoms with van der Waals surface area (Å²) in [4.78, 5) is 0. The molecule has 0 bridgehead atoms. The van der Waals surface area contributed by atoms with Gasteiger partial charge in [-0.05, 0) is 6.08 Å². The molecule has 4 nitrogen and oxygen atoms in total. The molecule has 0 saturated carbocycles. The minimum Gasteiger partial charge on any atom is -0.282 e. The Hall–Kier alpha value is -1.20. The van der Waals surface area contributed by atoms with Crippen LogP contribution in [0.5, 0.6) is 0 Å². The van der Waals surface area contributed by atoms with Crippen LogP contribution in [0.2, 0.25) is 0 Å². The topological polar surface area (TPSA) is 58.3 Å². The first kappa shape index (κ1) is 9.88. The molecule has 1 heterocycles. The highest BCUT2D eigenvalue weighted by Gasteiger charge is 1.97. The molecule has 0 amide bonds. The smallest absolute Gasteiger partial charge is 0.282 e. The molecule has 0 atom stereocenters. The van der Waals surface area contributed by atoms with E-state index in [2.05, 4.69) is 0 Å². The number of nitrogens with zero attached hydrogens (tertiary/aromatic N) is 1. The Balaban J connectivity index is 2.59. The van der Waals surface area contributed by atoms with Crippen LogP contribution >= 0.6 is 0 Å². The molecule has 70 valence electrons. The van der Waals surface area contributed by atoms with Crippen LogP contribution in [0.3, 0.4) is 0 Å². The molecule has 1 N–H and O–H groups in total. The molecule has 1 aromatic heterocycles. The molecule has 0 spiro atoms. The number of hydrogen-bond acceptors (Lipinski definition) is 2. The van der Waals surface area contributed by atoms with Gasteiger partial charge in [0.2, 0.25) is 0 Å². The Morgan fingerprint density at radius 3 is 2.38 bits per heavy atom. The summed E-state index contributed by atoms with van der Waals surface area (Å²) in [6.07, 6.45) is 4.97. The van der Waals surface area contributed by atoms with Crippen molar-refractivity contribution in [2.45, 2.75) is 6.54 Å². The molecule has 0 aliphatic carbocycles. The lowest BCUT2D eigenvalue weighted by Crippen LogP contribution is -2.31. The van der Waals surface area contributed by atoms with Crippen LogP contribution in [0.1, 0.15) is 0 Å². The summed E-state index contributed by atoms with van der Waals surface area (Å²) in [5.41, 5.74) is 0. The Labute approximate surface area is 76.9 Å². The minimum atomic E-state index is -3.99. The zero-order valence-electron chi connectivity index (χ0n) is 6.87. The summed E-state index contributed by atoms with van der Waals surface area (Å²) in [5, 5.41) is 0.771. The molecule has 0 aliphatic heterocycles. The highest BCUT2D eigenvalue weighted by atomic mass is 32.2. The fourth-order valence-electron chi connectivity index (χ4n) is 0.842. The van der Waals surface area contributed by atoms with E-state index in [0.717, 1.165) is 5.41 Å². The van der Waals surface area contributed by atoms with E-state index in [1.807, 2.05) is 18.2 Å². The van der Waals surface area contributed by atoms with E-state index in [1.54, 1.807) is 17.0 Å². The van der Waals surface area contributed by atoms with Crippen molar-refractivity contribution < 1.29 is 17.5 Å². The maximum atomic E-state index is 10.3. The molecule has 0 saturated heterocycles. The monoisotopic (exact) mass is 200 g/mol. The highest BCUT2D eigenvalue weighted by molar-refractivity contribution is 7.88. The minimum absolute atomic E-state index is 0.417. The van der Waals surface area contributed by atoms with Crippen LogP contribution in [0, 0.1) is 0 Å². The van der Waals surface area contributed by atoms with Crippen LogP contribution in [0.4, 0.5) is 0 Å². The first-order valence-corrected chi connectivity index (χ1v) is 5.16. The van der Waals surface area contributed by atoms with E-state index < -0.39 is 10.1 Å². The third-order valence-corrected chi connectivity index (χ3v) is 1.90. The van der Waals surface area contributed by atoms with Crippen molar-refractivity contribution in [2.75, 3.05) is 0 Å². The Bertz CT molecular complexity index is 383. The molecule has 0 aromatic carbocycles. The number of aromatic nitrogens is 1. The zero-order chi connectivity index (χ0) is 9.73. The molecule has 0 radical (unpaired) electrons. The molecule has 13 heavy (non-hydrogen) atoms. The number of rotatable bonds is 3. The quantitative estimate of drug-likeness (QED) is 0.566. The van der Waals surface area contributed by atoms with Gasteiger partial charge in [0.25, 0.3) is 10.1 Å². The fourth-order valence-corrected chi connectivity index (χ4v) is 1.17. The molecule has 0 unspecified atom stereocenters. The average molecular weight is 200 g/mol. The van der Waals surface area contributed by atoms with Crippen molar-refractivity contribution in [1.29, 1.82) is 0 Å². The fraction of sp³-hybridized carbons (Fsp3) is 0.125. The number of pyridine rings is 1. The van der Waals surface area contributed by atoms with E-state index in [1.165, 1.54) is 6.08 Å². The van der Waals surface area contributed by atoms with Crippen LogP contribution in [0.15, 0.2) is 42.1 Å². The largest absolute Gasteiger partial charge is 0.287 e. The van der Waals surface area contributed by atoms with Gasteiger partial charge < -0.3 is 0 Å².